The first kappa shape index (κ1) is 24.0. The first-order chi connectivity index (χ1) is 16.2. The first-order valence-corrected chi connectivity index (χ1v) is 12.9. The summed E-state index contributed by atoms with van der Waals surface area (Å²) in [5, 5.41) is 2.88. The van der Waals surface area contributed by atoms with Gasteiger partial charge in [-0.05, 0) is 37.1 Å². The van der Waals surface area contributed by atoms with Crippen molar-refractivity contribution in [2.45, 2.75) is 38.6 Å². The van der Waals surface area contributed by atoms with Crippen LogP contribution in [0.3, 0.4) is 0 Å². The summed E-state index contributed by atoms with van der Waals surface area (Å²) in [4.78, 5) is 26.9. The second-order valence-corrected chi connectivity index (χ2v) is 10.6. The third-order valence-electron chi connectivity index (χ3n) is 5.59. The van der Waals surface area contributed by atoms with Crippen molar-refractivity contribution in [1.82, 2.24) is 10.0 Å². The number of nitrogens with one attached hydrogen (secondary N) is 2. The summed E-state index contributed by atoms with van der Waals surface area (Å²) in [6.45, 7) is 5.09. The zero-order valence-electron chi connectivity index (χ0n) is 19.2. The molecule has 9 nitrogen and oxygen atoms in total. The molecular formula is C24H29N3O6S. The van der Waals surface area contributed by atoms with Gasteiger partial charge < -0.3 is 19.7 Å². The summed E-state index contributed by atoms with van der Waals surface area (Å²) in [5.41, 5.74) is 2.20. The Balaban J connectivity index is 1.31. The van der Waals surface area contributed by atoms with Crippen molar-refractivity contribution in [2.24, 2.45) is 5.92 Å². The Morgan fingerprint density at radius 3 is 2.44 bits per heavy atom. The van der Waals surface area contributed by atoms with E-state index in [-0.39, 0.29) is 30.0 Å². The largest absolute Gasteiger partial charge is 0.486 e. The highest BCUT2D eigenvalue weighted by molar-refractivity contribution is 7.88. The van der Waals surface area contributed by atoms with Crippen LogP contribution in [-0.4, -0.2) is 46.0 Å². The minimum atomic E-state index is -3.39. The van der Waals surface area contributed by atoms with Crippen LogP contribution in [0.25, 0.3) is 0 Å². The molecule has 0 aromatic heterocycles. The third-order valence-corrected chi connectivity index (χ3v) is 7.14. The topological polar surface area (TPSA) is 114 Å². The SMILES string of the molecule is CC(C)NS(=O)(=O)Cc1ccc(CNC(=O)C2CC(=O)N(c3ccc4c(c3)OCCO4)C2)cc1. The maximum absolute atomic E-state index is 12.7. The standard InChI is InChI=1S/C24H29N3O6S/c1-16(2)26-34(30,31)15-18-5-3-17(4-6-18)13-25-24(29)19-11-23(28)27(14-19)20-7-8-21-22(12-20)33-10-9-32-21/h3-8,12,16,19,26H,9-11,13-15H2,1-2H3,(H,25,29). The number of ether oxygens (including phenoxy) is 2. The number of nitrogens with zero attached hydrogens (tertiary/aromatic N) is 1. The van der Waals surface area contributed by atoms with Gasteiger partial charge in [0.15, 0.2) is 11.5 Å². The van der Waals surface area contributed by atoms with E-state index in [9.17, 15) is 18.0 Å². The summed E-state index contributed by atoms with van der Waals surface area (Å²) < 4.78 is 37.8. The van der Waals surface area contributed by atoms with E-state index in [1.165, 1.54) is 0 Å². The Kier molecular flexibility index (Phi) is 7.08. The molecule has 2 heterocycles. The summed E-state index contributed by atoms with van der Waals surface area (Å²) in [6.07, 6.45) is 0.139. The van der Waals surface area contributed by atoms with Crippen LogP contribution in [0.15, 0.2) is 42.5 Å². The fourth-order valence-corrected chi connectivity index (χ4v) is 5.47. The first-order valence-electron chi connectivity index (χ1n) is 11.3. The molecule has 4 rings (SSSR count). The molecule has 2 aliphatic rings. The van der Waals surface area contributed by atoms with Crippen LogP contribution in [0.2, 0.25) is 0 Å². The Hall–Kier alpha value is -3.11. The Labute approximate surface area is 199 Å². The van der Waals surface area contributed by atoms with E-state index < -0.39 is 15.9 Å². The lowest BCUT2D eigenvalue weighted by Gasteiger charge is -2.22. The van der Waals surface area contributed by atoms with Gasteiger partial charge in [-0.15, -0.1) is 0 Å². The molecule has 2 aliphatic heterocycles. The van der Waals surface area contributed by atoms with Crippen LogP contribution in [0.4, 0.5) is 5.69 Å². The molecule has 10 heteroatoms. The molecule has 1 fully saturated rings. The third kappa shape index (κ3) is 5.87. The molecule has 1 atom stereocenters. The molecule has 2 aromatic rings. The van der Waals surface area contributed by atoms with E-state index in [0.717, 1.165) is 5.56 Å². The van der Waals surface area contributed by atoms with Gasteiger partial charge in [0.1, 0.15) is 13.2 Å². The predicted molar refractivity (Wildman–Crippen MR) is 127 cm³/mol. The van der Waals surface area contributed by atoms with Crippen LogP contribution in [0, 0.1) is 5.92 Å². The van der Waals surface area contributed by atoms with Gasteiger partial charge >= 0.3 is 0 Å². The van der Waals surface area contributed by atoms with Crippen LogP contribution >= 0.6 is 0 Å². The molecular weight excluding hydrogens is 458 g/mol. The summed E-state index contributed by atoms with van der Waals surface area (Å²) >= 11 is 0. The molecule has 0 bridgehead atoms. The fourth-order valence-electron chi connectivity index (χ4n) is 4.04. The summed E-state index contributed by atoms with van der Waals surface area (Å²) in [7, 11) is -3.39. The number of sulfonamides is 1. The van der Waals surface area contributed by atoms with E-state index in [2.05, 4.69) is 10.0 Å². The smallest absolute Gasteiger partial charge is 0.227 e. The number of carbonyl (C=O) groups excluding carboxylic acids is 2. The predicted octanol–water partition coefficient (Wildman–Crippen LogP) is 1.95. The summed E-state index contributed by atoms with van der Waals surface area (Å²) in [5.74, 6) is 0.389. The number of amides is 2. The van der Waals surface area contributed by atoms with Gasteiger partial charge in [-0.3, -0.25) is 9.59 Å². The molecule has 0 radical (unpaired) electrons. The molecule has 2 N–H and O–H groups in total. The fraction of sp³-hybridized carbons (Fsp3) is 0.417. The molecule has 1 saturated heterocycles. The quantitative estimate of drug-likeness (QED) is 0.588. The number of fused-ring (bicyclic) bond motifs is 1. The van der Waals surface area contributed by atoms with Crippen molar-refractivity contribution in [3.05, 3.63) is 53.6 Å². The molecule has 1 unspecified atom stereocenters. The highest BCUT2D eigenvalue weighted by Crippen LogP contribution is 2.36. The Morgan fingerprint density at radius 1 is 1.06 bits per heavy atom. The van der Waals surface area contributed by atoms with Gasteiger partial charge in [0.25, 0.3) is 0 Å². The van der Waals surface area contributed by atoms with Crippen molar-refractivity contribution < 1.29 is 27.5 Å². The Bertz CT molecular complexity index is 1160. The number of anilines is 1. The van der Waals surface area contributed by atoms with Crippen LogP contribution in [0.5, 0.6) is 11.5 Å². The van der Waals surface area contributed by atoms with Crippen LogP contribution in [0.1, 0.15) is 31.4 Å². The molecule has 34 heavy (non-hydrogen) atoms. The van der Waals surface area contributed by atoms with Crippen molar-refractivity contribution in [3.8, 4) is 11.5 Å². The van der Waals surface area contributed by atoms with E-state index in [1.54, 1.807) is 61.2 Å². The molecule has 0 spiro atoms. The van der Waals surface area contributed by atoms with Gasteiger partial charge in [0.05, 0.1) is 11.7 Å². The second-order valence-electron chi connectivity index (χ2n) is 8.80. The molecule has 2 aromatic carbocycles. The number of benzene rings is 2. The van der Waals surface area contributed by atoms with E-state index >= 15 is 0 Å². The van der Waals surface area contributed by atoms with Gasteiger partial charge in [-0.1, -0.05) is 24.3 Å². The van der Waals surface area contributed by atoms with Crippen molar-refractivity contribution >= 4 is 27.5 Å². The van der Waals surface area contributed by atoms with Crippen molar-refractivity contribution in [1.29, 1.82) is 0 Å². The van der Waals surface area contributed by atoms with Crippen LogP contribution in [-0.2, 0) is 31.9 Å². The van der Waals surface area contributed by atoms with E-state index in [4.69, 9.17) is 9.47 Å². The highest BCUT2D eigenvalue weighted by Gasteiger charge is 2.35. The Morgan fingerprint density at radius 2 is 1.74 bits per heavy atom. The normalized spacial score (nSPS) is 17.8. The minimum absolute atomic E-state index is 0.0995. The van der Waals surface area contributed by atoms with Gasteiger partial charge in [0.2, 0.25) is 21.8 Å². The molecule has 0 saturated carbocycles. The van der Waals surface area contributed by atoms with Gasteiger partial charge in [-0.2, -0.15) is 0 Å². The summed E-state index contributed by atoms with van der Waals surface area (Å²) in [6, 6.07) is 12.2. The number of carbonyl (C=O) groups is 2. The maximum Gasteiger partial charge on any atom is 0.227 e. The molecule has 2 amide bonds. The second kappa shape index (κ2) is 10.0. The van der Waals surface area contributed by atoms with Crippen molar-refractivity contribution in [2.75, 3.05) is 24.7 Å². The zero-order chi connectivity index (χ0) is 24.3. The lowest BCUT2D eigenvalue weighted by molar-refractivity contribution is -0.126. The average Bonchev–Trinajstić information content (AvgIpc) is 3.18. The van der Waals surface area contributed by atoms with E-state index in [0.29, 0.717) is 49.1 Å². The maximum atomic E-state index is 12.7. The average molecular weight is 488 g/mol. The lowest BCUT2D eigenvalue weighted by Crippen LogP contribution is -2.32. The van der Waals surface area contributed by atoms with Gasteiger partial charge in [-0.25, -0.2) is 13.1 Å². The van der Waals surface area contributed by atoms with Crippen LogP contribution < -0.4 is 24.4 Å². The number of hydrogen-bond acceptors (Lipinski definition) is 6. The molecule has 0 aliphatic carbocycles. The number of rotatable bonds is 8. The number of hydrogen-bond donors (Lipinski definition) is 2. The highest BCUT2D eigenvalue weighted by atomic mass is 32.2. The van der Waals surface area contributed by atoms with E-state index in [1.807, 2.05) is 0 Å². The van der Waals surface area contributed by atoms with Crippen molar-refractivity contribution in [3.63, 3.8) is 0 Å². The monoisotopic (exact) mass is 487 g/mol. The lowest BCUT2D eigenvalue weighted by atomic mass is 10.1. The zero-order valence-corrected chi connectivity index (χ0v) is 20.1. The van der Waals surface area contributed by atoms with Gasteiger partial charge in [0, 0.05) is 37.3 Å². The minimum Gasteiger partial charge on any atom is -0.486 e. The molecule has 182 valence electrons.